The van der Waals surface area contributed by atoms with Crippen LogP contribution in [0.2, 0.25) is 5.02 Å². The molecular weight excluding hydrogens is 264 g/mol. The molecule has 0 unspecified atom stereocenters. The number of amides is 2. The molecule has 19 heavy (non-hydrogen) atoms. The van der Waals surface area contributed by atoms with Gasteiger partial charge in [0.15, 0.2) is 0 Å². The van der Waals surface area contributed by atoms with Gasteiger partial charge in [0, 0.05) is 23.1 Å². The van der Waals surface area contributed by atoms with Crippen LogP contribution < -0.4 is 10.7 Å². The second-order valence-corrected chi connectivity index (χ2v) is 4.05. The predicted octanol–water partition coefficient (Wildman–Crippen LogP) is 2.89. The molecule has 0 spiro atoms. The summed E-state index contributed by atoms with van der Waals surface area (Å²) < 4.78 is 0. The van der Waals surface area contributed by atoms with Crippen LogP contribution in [0.1, 0.15) is 5.56 Å². The van der Waals surface area contributed by atoms with Crippen LogP contribution in [0.15, 0.2) is 53.9 Å². The minimum Gasteiger partial charge on any atom is -0.307 e. The number of halogens is 1. The number of benzene rings is 1. The molecule has 1 aromatic carbocycles. The van der Waals surface area contributed by atoms with Crippen molar-refractivity contribution in [1.29, 1.82) is 0 Å². The van der Waals surface area contributed by atoms with Crippen molar-refractivity contribution < 1.29 is 4.79 Å². The molecule has 0 fully saturated rings. The van der Waals surface area contributed by atoms with E-state index in [1.54, 1.807) is 48.8 Å². The first kappa shape index (κ1) is 13.0. The van der Waals surface area contributed by atoms with Crippen LogP contribution in [0.5, 0.6) is 0 Å². The lowest BCUT2D eigenvalue weighted by Gasteiger charge is -2.03. The van der Waals surface area contributed by atoms with E-state index in [1.807, 2.05) is 0 Å². The maximum absolute atomic E-state index is 11.5. The molecule has 2 amide bonds. The molecule has 2 rings (SSSR count). The molecule has 0 saturated heterocycles. The number of urea groups is 1. The Kier molecular flexibility index (Phi) is 4.47. The number of nitrogens with one attached hydrogen (secondary N) is 2. The van der Waals surface area contributed by atoms with Crippen molar-refractivity contribution in [2.75, 3.05) is 5.32 Å². The Morgan fingerprint density at radius 1 is 1.16 bits per heavy atom. The Hall–Kier alpha value is -2.40. The lowest BCUT2D eigenvalue weighted by Crippen LogP contribution is -2.24. The first-order valence-corrected chi connectivity index (χ1v) is 5.87. The zero-order valence-corrected chi connectivity index (χ0v) is 10.6. The van der Waals surface area contributed by atoms with E-state index < -0.39 is 6.03 Å². The fraction of sp³-hybridized carbons (Fsp3) is 0. The summed E-state index contributed by atoms with van der Waals surface area (Å²) in [7, 11) is 0. The van der Waals surface area contributed by atoms with Crippen molar-refractivity contribution in [2.45, 2.75) is 0 Å². The minimum absolute atomic E-state index is 0.423. The molecule has 1 heterocycles. The van der Waals surface area contributed by atoms with Crippen molar-refractivity contribution in [3.05, 3.63) is 59.4 Å². The summed E-state index contributed by atoms with van der Waals surface area (Å²) >= 11 is 5.74. The fourth-order valence-corrected chi connectivity index (χ4v) is 1.43. The Balaban J connectivity index is 1.85. The SMILES string of the molecule is O=C(N/N=C\c1ccncc1)Nc1ccc(Cl)cc1. The van der Waals surface area contributed by atoms with Gasteiger partial charge < -0.3 is 5.32 Å². The molecule has 1 aromatic heterocycles. The molecule has 5 nitrogen and oxygen atoms in total. The van der Waals surface area contributed by atoms with Gasteiger partial charge in [0.25, 0.3) is 0 Å². The topological polar surface area (TPSA) is 66.4 Å². The van der Waals surface area contributed by atoms with Crippen LogP contribution in [-0.2, 0) is 0 Å². The molecule has 0 aliphatic heterocycles. The number of hydrogen-bond acceptors (Lipinski definition) is 3. The van der Waals surface area contributed by atoms with Gasteiger partial charge in [0.05, 0.1) is 6.21 Å². The van der Waals surface area contributed by atoms with Crippen molar-refractivity contribution >= 4 is 29.5 Å². The van der Waals surface area contributed by atoms with Gasteiger partial charge in [-0.25, -0.2) is 10.2 Å². The monoisotopic (exact) mass is 274 g/mol. The molecule has 2 N–H and O–H groups in total. The van der Waals surface area contributed by atoms with Crippen LogP contribution in [0, 0.1) is 0 Å². The number of hydrazone groups is 1. The van der Waals surface area contributed by atoms with Crippen LogP contribution >= 0.6 is 11.6 Å². The zero-order valence-electron chi connectivity index (χ0n) is 9.88. The van der Waals surface area contributed by atoms with Gasteiger partial charge in [0.1, 0.15) is 0 Å². The first-order valence-electron chi connectivity index (χ1n) is 5.50. The first-order chi connectivity index (χ1) is 9.24. The van der Waals surface area contributed by atoms with Gasteiger partial charge in [-0.3, -0.25) is 4.98 Å². The minimum atomic E-state index is -0.423. The highest BCUT2D eigenvalue weighted by molar-refractivity contribution is 6.30. The molecule has 0 aliphatic rings. The lowest BCUT2D eigenvalue weighted by molar-refractivity contribution is 0.252. The molecule has 0 radical (unpaired) electrons. The summed E-state index contributed by atoms with van der Waals surface area (Å²) in [6, 6.07) is 9.93. The Bertz CT molecular complexity index is 569. The van der Waals surface area contributed by atoms with Crippen LogP contribution in [0.4, 0.5) is 10.5 Å². The van der Waals surface area contributed by atoms with Gasteiger partial charge >= 0.3 is 6.03 Å². The summed E-state index contributed by atoms with van der Waals surface area (Å²) in [4.78, 5) is 15.4. The number of carbonyl (C=O) groups excluding carboxylic acids is 1. The normalized spacial score (nSPS) is 10.4. The number of hydrogen-bond donors (Lipinski definition) is 2. The molecule has 0 saturated carbocycles. The van der Waals surface area contributed by atoms with Crippen molar-refractivity contribution in [2.24, 2.45) is 5.10 Å². The Labute approximate surface area is 115 Å². The quantitative estimate of drug-likeness (QED) is 0.667. The molecule has 2 aromatic rings. The highest BCUT2D eigenvalue weighted by Gasteiger charge is 1.99. The molecule has 0 bridgehead atoms. The standard InChI is InChI=1S/C13H11ClN4O/c14-11-1-3-12(4-2-11)17-13(19)18-16-9-10-5-7-15-8-6-10/h1-9H,(H2,17,18,19)/b16-9-. The zero-order chi connectivity index (χ0) is 13.5. The van der Waals surface area contributed by atoms with E-state index in [1.165, 1.54) is 6.21 Å². The van der Waals surface area contributed by atoms with E-state index in [9.17, 15) is 4.79 Å². The summed E-state index contributed by atoms with van der Waals surface area (Å²) in [5.41, 5.74) is 3.85. The number of rotatable bonds is 3. The van der Waals surface area contributed by atoms with E-state index in [0.29, 0.717) is 10.7 Å². The van der Waals surface area contributed by atoms with Crippen molar-refractivity contribution in [3.8, 4) is 0 Å². The molecular formula is C13H11ClN4O. The highest BCUT2D eigenvalue weighted by Crippen LogP contribution is 2.12. The average Bonchev–Trinajstić information content (AvgIpc) is 2.43. The van der Waals surface area contributed by atoms with E-state index in [2.05, 4.69) is 20.8 Å². The van der Waals surface area contributed by atoms with Gasteiger partial charge in [0.2, 0.25) is 0 Å². The van der Waals surface area contributed by atoms with E-state index in [4.69, 9.17) is 11.6 Å². The van der Waals surface area contributed by atoms with Crippen molar-refractivity contribution in [1.82, 2.24) is 10.4 Å². The molecule has 0 atom stereocenters. The average molecular weight is 275 g/mol. The summed E-state index contributed by atoms with van der Waals surface area (Å²) in [6.07, 6.45) is 4.83. The van der Waals surface area contributed by atoms with Crippen LogP contribution in [-0.4, -0.2) is 17.2 Å². The third kappa shape index (κ3) is 4.40. The maximum atomic E-state index is 11.5. The van der Waals surface area contributed by atoms with E-state index in [-0.39, 0.29) is 0 Å². The Morgan fingerprint density at radius 3 is 2.53 bits per heavy atom. The smallest absolute Gasteiger partial charge is 0.307 e. The van der Waals surface area contributed by atoms with Crippen molar-refractivity contribution in [3.63, 3.8) is 0 Å². The molecule has 96 valence electrons. The largest absolute Gasteiger partial charge is 0.339 e. The summed E-state index contributed by atoms with van der Waals surface area (Å²) in [6.45, 7) is 0. The van der Waals surface area contributed by atoms with Crippen LogP contribution in [0.3, 0.4) is 0 Å². The van der Waals surface area contributed by atoms with Gasteiger partial charge in [-0.15, -0.1) is 0 Å². The number of anilines is 1. The van der Waals surface area contributed by atoms with Gasteiger partial charge in [-0.05, 0) is 42.0 Å². The van der Waals surface area contributed by atoms with Crippen LogP contribution in [0.25, 0.3) is 0 Å². The molecule has 0 aliphatic carbocycles. The third-order valence-electron chi connectivity index (χ3n) is 2.19. The number of aromatic nitrogens is 1. The van der Waals surface area contributed by atoms with E-state index in [0.717, 1.165) is 5.56 Å². The summed E-state index contributed by atoms with van der Waals surface area (Å²) in [5, 5.41) is 7.05. The van der Waals surface area contributed by atoms with E-state index >= 15 is 0 Å². The lowest BCUT2D eigenvalue weighted by atomic mass is 10.3. The summed E-state index contributed by atoms with van der Waals surface area (Å²) in [5.74, 6) is 0. The fourth-order valence-electron chi connectivity index (χ4n) is 1.31. The number of carbonyl (C=O) groups is 1. The highest BCUT2D eigenvalue weighted by atomic mass is 35.5. The maximum Gasteiger partial charge on any atom is 0.339 e. The second kappa shape index (κ2) is 6.51. The second-order valence-electron chi connectivity index (χ2n) is 3.61. The van der Waals surface area contributed by atoms with Gasteiger partial charge in [-0.2, -0.15) is 5.10 Å². The van der Waals surface area contributed by atoms with Gasteiger partial charge in [-0.1, -0.05) is 11.6 Å². The third-order valence-corrected chi connectivity index (χ3v) is 2.44. The predicted molar refractivity (Wildman–Crippen MR) is 75.4 cm³/mol. The number of pyridine rings is 1. The number of nitrogens with zero attached hydrogens (tertiary/aromatic N) is 2. The Morgan fingerprint density at radius 2 is 1.84 bits per heavy atom. The molecule has 6 heteroatoms.